The molecule has 0 bridgehead atoms. The number of amides is 9. The van der Waals surface area contributed by atoms with Gasteiger partial charge >= 0.3 is 5.97 Å². The van der Waals surface area contributed by atoms with E-state index < -0.39 is 77.5 Å². The van der Waals surface area contributed by atoms with Crippen molar-refractivity contribution >= 4 is 93.7 Å². The number of ether oxygens (including phenoxy) is 10. The molecule has 10 heterocycles. The molecule has 2 aromatic heterocycles. The molecule has 0 aliphatic carbocycles. The molecule has 4 saturated heterocycles. The van der Waals surface area contributed by atoms with Crippen molar-refractivity contribution in [3.8, 4) is 0 Å². The number of piperidine rings is 2. The summed E-state index contributed by atoms with van der Waals surface area (Å²) in [6.45, 7) is 15.3. The zero-order valence-electron chi connectivity index (χ0n) is 75.8. The number of aliphatic hydroxyl groups is 2. The normalized spacial score (nSPS) is 17.6. The number of likely N-dealkylation sites (tertiary alicyclic amines) is 1. The van der Waals surface area contributed by atoms with E-state index >= 15 is 0 Å². The van der Waals surface area contributed by atoms with Crippen LogP contribution in [0.15, 0.2) is 110 Å². The van der Waals surface area contributed by atoms with E-state index in [1.54, 1.807) is 53.4 Å². The van der Waals surface area contributed by atoms with Crippen molar-refractivity contribution in [3.05, 3.63) is 166 Å². The molecule has 41 nitrogen and oxygen atoms in total. The quantitative estimate of drug-likeness (QED) is 0.0149. The van der Waals surface area contributed by atoms with E-state index in [0.717, 1.165) is 61.9 Å². The molecule has 135 heavy (non-hydrogen) atoms. The topological polar surface area (TPSA) is 510 Å². The van der Waals surface area contributed by atoms with Crippen LogP contribution in [0.5, 0.6) is 0 Å². The highest BCUT2D eigenvalue weighted by Crippen LogP contribution is 2.35. The molecule has 4 aromatic carbocycles. The average molecular weight is 1880 g/mol. The predicted molar refractivity (Wildman–Crippen MR) is 487 cm³/mol. The van der Waals surface area contributed by atoms with Crippen LogP contribution in [0.2, 0.25) is 0 Å². The second-order valence-corrected chi connectivity index (χ2v) is 33.2. The maximum Gasteiger partial charge on any atom is 0.305 e. The Labute approximate surface area is 781 Å². The number of carbonyl (C=O) groups excluding carboxylic acids is 11. The lowest BCUT2D eigenvalue weighted by molar-refractivity contribution is -0.139. The number of carbonyl (C=O) groups is 12. The van der Waals surface area contributed by atoms with Crippen LogP contribution in [0.3, 0.4) is 0 Å². The van der Waals surface area contributed by atoms with Crippen LogP contribution in [-0.4, -0.2) is 364 Å². The van der Waals surface area contributed by atoms with Gasteiger partial charge < -0.3 is 94.2 Å². The third kappa shape index (κ3) is 31.8. The first kappa shape index (κ1) is 102. The first-order chi connectivity index (χ1) is 65.7. The van der Waals surface area contributed by atoms with Gasteiger partial charge in [0.05, 0.1) is 192 Å². The van der Waals surface area contributed by atoms with Gasteiger partial charge in [0.1, 0.15) is 47.8 Å². The number of carboxylic acids is 1. The molecule has 4 atom stereocenters. The van der Waals surface area contributed by atoms with Gasteiger partial charge in [0.25, 0.3) is 23.6 Å². The fourth-order valence-corrected chi connectivity index (χ4v) is 16.1. The summed E-state index contributed by atoms with van der Waals surface area (Å²) in [5, 5.41) is 49.9. The van der Waals surface area contributed by atoms with E-state index in [9.17, 15) is 67.7 Å². The fourth-order valence-electron chi connectivity index (χ4n) is 16.1. The number of nitrogens with zero attached hydrogens (tertiary/aromatic N) is 9. The summed E-state index contributed by atoms with van der Waals surface area (Å²) in [6, 6.07) is 28.3. The first-order valence-electron chi connectivity index (χ1n) is 46.0. The number of hydrogen-bond acceptors (Lipinski definition) is 35. The van der Waals surface area contributed by atoms with Crippen molar-refractivity contribution in [3.63, 3.8) is 0 Å². The van der Waals surface area contributed by atoms with Crippen molar-refractivity contribution < 1.29 is 120 Å². The van der Waals surface area contributed by atoms with E-state index in [2.05, 4.69) is 109 Å². The Balaban J connectivity index is 0.000000203. The highest BCUT2D eigenvalue weighted by molar-refractivity contribution is 6.26. The van der Waals surface area contributed by atoms with Crippen LogP contribution >= 0.6 is 0 Å². The largest absolute Gasteiger partial charge is 0.481 e. The van der Waals surface area contributed by atoms with Crippen molar-refractivity contribution in [1.29, 1.82) is 0 Å². The molecule has 6 aromatic rings. The smallest absolute Gasteiger partial charge is 0.305 e. The molecule has 8 aliphatic rings. The third-order valence-electron chi connectivity index (χ3n) is 23.3. The summed E-state index contributed by atoms with van der Waals surface area (Å²) in [7, 11) is 0. The third-order valence-corrected chi connectivity index (χ3v) is 23.3. The number of benzene rings is 4. The van der Waals surface area contributed by atoms with Crippen LogP contribution in [-0.2, 0) is 102 Å². The molecule has 0 saturated carbocycles. The number of rotatable bonds is 56. The number of carboxylic acid groups (broad SMARTS) is 1. The van der Waals surface area contributed by atoms with Gasteiger partial charge in [-0.05, 0) is 85.0 Å². The second kappa shape index (κ2) is 54.3. The zero-order valence-corrected chi connectivity index (χ0v) is 75.8. The Hall–Kier alpha value is -11.5. The first-order valence-corrected chi connectivity index (χ1v) is 46.0. The lowest BCUT2D eigenvalue weighted by Crippen LogP contribution is -2.57. The summed E-state index contributed by atoms with van der Waals surface area (Å²) in [5.74, 6) is -4.30. The Bertz CT molecular complexity index is 4990. The number of aliphatic hydroxyl groups excluding tert-OH is 2. The molecular weight excluding hydrogens is 1750 g/mol. The number of nitrogens with one attached hydrogen (secondary N) is 7. The van der Waals surface area contributed by atoms with Gasteiger partial charge in [-0.25, -0.2) is 19.9 Å². The highest BCUT2D eigenvalue weighted by Gasteiger charge is 2.48. The maximum atomic E-state index is 13.2. The summed E-state index contributed by atoms with van der Waals surface area (Å²) >= 11 is 0. The molecule has 14 rings (SSSR count). The van der Waals surface area contributed by atoms with E-state index in [4.69, 9.17) is 52.5 Å². The van der Waals surface area contributed by atoms with Crippen LogP contribution in [0.1, 0.15) is 149 Å². The van der Waals surface area contributed by atoms with Gasteiger partial charge in [-0.2, -0.15) is 0 Å². The number of fused-ring (bicyclic) bond motifs is 4. The number of β-amino-alcohol motifs (C(OH)–C–C–N with tert-alkyl or cyclic N) is 2. The van der Waals surface area contributed by atoms with Crippen LogP contribution < -0.4 is 37.2 Å². The van der Waals surface area contributed by atoms with Crippen molar-refractivity contribution in [1.82, 2.24) is 60.4 Å². The standard InChI is InChI=1S/C47H60N8O12.C26H35N3O11.C21H27N5O2/c56-35(30-53-15-12-32-4-1-2-5-33(32)27-53)8-10-40(57)38-26-41(50-31-49-38)51-34-28-54(29-34)43(59)13-16-63-18-20-65-22-24-67-25-23-66-21-19-64-17-14-48-37-7-3-6-36-44(37)47(62)55(46(36)61)39-9-11-42(58)52-45(39)60;30-21-5-4-20(24(33)28-21)29-25(34)18-2-1-3-19(23(18)26(29)35)27-7-9-37-11-13-39-15-17-40-16-14-38-12-10-36-8-6-22(31)32;27-18(13-26-8-7-15-3-1-2-4-16(15)12-26)5-6-20(28)19-9-21(24-14-23-19)25-17-10-22-11-17/h1-7,26,31,34-35,39,48,56H,8-25,27-30H2,(H,49,50,51)(H,52,58,60);1-3,20,27H,4-17H2,(H,31,32)(H,28,30,33);1-4,9,14,17-18,22,27H,5-8,10-13H2,(H,23,24,25)/t35-,39?;;18-/m0.0/s1. The molecular formula is C94H122N16O25. The predicted octanol–water partition coefficient (Wildman–Crippen LogP) is 2.77. The zero-order chi connectivity index (χ0) is 95.1. The SMILES string of the molecule is O=C(CC[C@H](O)CN1CCc2ccccc2C1)c1cc(NC2CNC2)ncn1.O=C(O)CCOCCOCCOCCOCCOCCNc1cccc2c1C(=O)N(C1CCC(=O)NC1=O)C2=O.O=C1CCC(N2C(=O)c3cccc(NCCOCCOCCOCCOCCOCCC(=O)N4CC(Nc5cc(C(=O)CC[C@H](O)CN6CCc7ccccc7C6)ncn5)C4)c3C2=O)C(=O)N1. The Morgan fingerprint density at radius 2 is 0.800 bits per heavy atom. The van der Waals surface area contributed by atoms with Crippen molar-refractivity contribution in [2.75, 3.05) is 219 Å². The second-order valence-electron chi connectivity index (χ2n) is 33.2. The molecule has 8 aliphatic heterocycles. The Morgan fingerprint density at radius 1 is 0.422 bits per heavy atom. The van der Waals surface area contributed by atoms with Gasteiger partial charge in [0.15, 0.2) is 11.6 Å². The molecule has 0 spiro atoms. The molecule has 10 N–H and O–H groups in total. The van der Waals surface area contributed by atoms with Crippen LogP contribution in [0.4, 0.5) is 23.0 Å². The summed E-state index contributed by atoms with van der Waals surface area (Å²) in [4.78, 5) is 173. The number of imide groups is 4. The van der Waals surface area contributed by atoms with Gasteiger partial charge in [0, 0.05) is 128 Å². The number of anilines is 4. The minimum atomic E-state index is -1.02. The number of aliphatic carboxylic acids is 1. The summed E-state index contributed by atoms with van der Waals surface area (Å²) in [6.07, 6.45) is 5.42. The highest BCUT2D eigenvalue weighted by atomic mass is 16.6. The lowest BCUT2D eigenvalue weighted by atomic mass is 9.99. The summed E-state index contributed by atoms with van der Waals surface area (Å²) < 4.78 is 54.6. The van der Waals surface area contributed by atoms with Gasteiger partial charge in [-0.1, -0.05) is 60.7 Å². The molecule has 41 heteroatoms. The minimum Gasteiger partial charge on any atom is -0.481 e. The van der Waals surface area contributed by atoms with E-state index in [0.29, 0.717) is 211 Å². The van der Waals surface area contributed by atoms with Crippen LogP contribution in [0, 0.1) is 0 Å². The van der Waals surface area contributed by atoms with Gasteiger partial charge in [-0.15, -0.1) is 0 Å². The lowest BCUT2D eigenvalue weighted by Gasteiger charge is -2.39. The van der Waals surface area contributed by atoms with E-state index in [1.807, 2.05) is 6.07 Å². The van der Waals surface area contributed by atoms with E-state index in [1.165, 1.54) is 34.9 Å². The maximum absolute atomic E-state index is 13.2. The molecule has 2 unspecified atom stereocenters. The average Bonchev–Trinajstić information content (AvgIpc) is 1.60. The molecule has 4 fully saturated rings. The fraction of sp³-hybridized carbons (Fsp3) is 0.532. The molecule has 0 radical (unpaired) electrons. The number of aromatic nitrogens is 4. The number of ketones is 2. The molecule has 728 valence electrons. The monoisotopic (exact) mass is 1870 g/mol. The van der Waals surface area contributed by atoms with Crippen molar-refractivity contribution in [2.45, 2.75) is 127 Å². The Kier molecular flexibility index (Phi) is 41.2. The summed E-state index contributed by atoms with van der Waals surface area (Å²) in [5.41, 5.74) is 7.84. The number of hydrogen-bond donors (Lipinski definition) is 10. The van der Waals surface area contributed by atoms with Gasteiger partial charge in [0.2, 0.25) is 29.5 Å². The molecule has 9 amide bonds. The van der Waals surface area contributed by atoms with Crippen molar-refractivity contribution in [2.24, 2.45) is 0 Å². The Morgan fingerprint density at radius 3 is 1.19 bits per heavy atom. The number of Topliss-reactive ketones (excluding diaryl/α,β-unsaturated/α-hetero) is 2. The minimum absolute atomic E-state index is 0.00365. The van der Waals surface area contributed by atoms with E-state index in [-0.39, 0.29) is 110 Å². The van der Waals surface area contributed by atoms with Gasteiger partial charge in [-0.3, -0.25) is 87.8 Å². The van der Waals surface area contributed by atoms with Crippen LogP contribution in [0.25, 0.3) is 0 Å².